The fourth-order valence-corrected chi connectivity index (χ4v) is 1.63. The first-order valence-corrected chi connectivity index (χ1v) is 6.16. The Labute approximate surface area is 123 Å². The second kappa shape index (κ2) is 6.30. The van der Waals surface area contributed by atoms with E-state index in [1.54, 1.807) is 18.2 Å². The van der Waals surface area contributed by atoms with Gasteiger partial charge in [-0.1, -0.05) is 12.1 Å². The van der Waals surface area contributed by atoms with Crippen LogP contribution in [-0.2, 0) is 6.18 Å². The predicted molar refractivity (Wildman–Crippen MR) is 74.6 cm³/mol. The molecule has 0 radical (unpaired) electrons. The van der Waals surface area contributed by atoms with E-state index >= 15 is 0 Å². The average Bonchev–Trinajstić information content (AvgIpc) is 2.48. The van der Waals surface area contributed by atoms with Crippen molar-refractivity contribution in [1.82, 2.24) is 5.43 Å². The predicted octanol–water partition coefficient (Wildman–Crippen LogP) is 3.17. The van der Waals surface area contributed by atoms with Gasteiger partial charge in [0.15, 0.2) is 0 Å². The monoisotopic (exact) mass is 308 g/mol. The first-order chi connectivity index (χ1) is 10.4. The van der Waals surface area contributed by atoms with E-state index in [1.165, 1.54) is 12.3 Å². The van der Waals surface area contributed by atoms with Gasteiger partial charge in [-0.05, 0) is 36.4 Å². The third kappa shape index (κ3) is 3.85. The van der Waals surface area contributed by atoms with Gasteiger partial charge in [0.25, 0.3) is 5.91 Å². The van der Waals surface area contributed by atoms with Crippen molar-refractivity contribution < 1.29 is 23.1 Å². The summed E-state index contributed by atoms with van der Waals surface area (Å²) >= 11 is 0. The molecule has 2 rings (SSSR count). The molecule has 0 aliphatic rings. The van der Waals surface area contributed by atoms with Crippen molar-refractivity contribution in [2.24, 2.45) is 5.10 Å². The molecule has 0 aliphatic carbocycles. The zero-order valence-electron chi connectivity index (χ0n) is 11.1. The normalized spacial score (nSPS) is 11.6. The van der Waals surface area contributed by atoms with E-state index < -0.39 is 17.6 Å². The van der Waals surface area contributed by atoms with Gasteiger partial charge in [0.1, 0.15) is 5.75 Å². The van der Waals surface area contributed by atoms with Gasteiger partial charge in [-0.25, -0.2) is 5.43 Å². The van der Waals surface area contributed by atoms with Crippen LogP contribution in [-0.4, -0.2) is 17.2 Å². The lowest BCUT2D eigenvalue weighted by atomic mass is 10.1. The van der Waals surface area contributed by atoms with Crippen molar-refractivity contribution >= 4 is 12.1 Å². The molecule has 0 fully saturated rings. The second-order valence-electron chi connectivity index (χ2n) is 4.33. The molecule has 0 atom stereocenters. The topological polar surface area (TPSA) is 61.7 Å². The Bertz CT molecular complexity index is 695. The summed E-state index contributed by atoms with van der Waals surface area (Å²) in [5.41, 5.74) is 1.78. The Hall–Kier alpha value is -2.83. The first-order valence-electron chi connectivity index (χ1n) is 6.16. The number of nitrogens with zero attached hydrogens (tertiary/aromatic N) is 1. The molecular formula is C15H11F3N2O2. The van der Waals surface area contributed by atoms with E-state index in [0.717, 1.165) is 24.3 Å². The fraction of sp³-hybridized carbons (Fsp3) is 0.0667. The summed E-state index contributed by atoms with van der Waals surface area (Å²) in [6.07, 6.45) is -3.21. The summed E-state index contributed by atoms with van der Waals surface area (Å²) in [6, 6.07) is 10.1. The Morgan fingerprint density at radius 1 is 1.09 bits per heavy atom. The number of carbonyl (C=O) groups excluding carboxylic acids is 1. The SMILES string of the molecule is O=C(NN=Cc1ccccc1O)c1ccc(C(F)(F)F)cc1. The number of hydrogen-bond acceptors (Lipinski definition) is 3. The molecule has 4 nitrogen and oxygen atoms in total. The molecule has 0 unspecified atom stereocenters. The molecule has 2 aromatic carbocycles. The molecule has 0 bridgehead atoms. The lowest BCUT2D eigenvalue weighted by Crippen LogP contribution is -2.18. The molecule has 0 saturated carbocycles. The standard InChI is InChI=1S/C15H11F3N2O2/c16-15(17,18)12-7-5-10(6-8-12)14(22)20-19-9-11-3-1-2-4-13(11)21/h1-9,21H,(H,20,22). The van der Waals surface area contributed by atoms with Crippen LogP contribution in [0.2, 0.25) is 0 Å². The van der Waals surface area contributed by atoms with Gasteiger partial charge in [0, 0.05) is 11.1 Å². The Balaban J connectivity index is 2.02. The van der Waals surface area contributed by atoms with Crippen LogP contribution in [0.5, 0.6) is 5.75 Å². The molecule has 0 saturated heterocycles. The maximum atomic E-state index is 12.4. The number of aromatic hydroxyl groups is 1. The summed E-state index contributed by atoms with van der Waals surface area (Å²) in [5.74, 6) is -0.657. The Morgan fingerprint density at radius 3 is 2.32 bits per heavy atom. The van der Waals surface area contributed by atoms with E-state index in [4.69, 9.17) is 0 Å². The van der Waals surface area contributed by atoms with Crippen molar-refractivity contribution in [2.45, 2.75) is 6.18 Å². The molecule has 0 aromatic heterocycles. The van der Waals surface area contributed by atoms with Gasteiger partial charge in [-0.15, -0.1) is 0 Å². The number of nitrogens with one attached hydrogen (secondary N) is 1. The number of phenolic OH excluding ortho intramolecular Hbond substituents is 1. The molecule has 114 valence electrons. The van der Waals surface area contributed by atoms with Gasteiger partial charge in [-0.3, -0.25) is 4.79 Å². The van der Waals surface area contributed by atoms with Gasteiger partial charge in [-0.2, -0.15) is 18.3 Å². The molecule has 7 heteroatoms. The van der Waals surface area contributed by atoms with E-state index in [-0.39, 0.29) is 11.3 Å². The van der Waals surface area contributed by atoms with Gasteiger partial charge >= 0.3 is 6.18 Å². The number of hydrazone groups is 1. The molecular weight excluding hydrogens is 297 g/mol. The number of para-hydroxylation sites is 1. The number of rotatable bonds is 3. The van der Waals surface area contributed by atoms with Crippen LogP contribution in [0.15, 0.2) is 53.6 Å². The number of phenols is 1. The number of alkyl halides is 3. The van der Waals surface area contributed by atoms with Crippen LogP contribution in [0, 0.1) is 0 Å². The zero-order valence-corrected chi connectivity index (χ0v) is 11.1. The van der Waals surface area contributed by atoms with E-state index in [1.807, 2.05) is 0 Å². The van der Waals surface area contributed by atoms with Crippen molar-refractivity contribution in [3.63, 3.8) is 0 Å². The second-order valence-corrected chi connectivity index (χ2v) is 4.33. The summed E-state index contributed by atoms with van der Waals surface area (Å²) in [7, 11) is 0. The third-order valence-electron chi connectivity index (χ3n) is 2.78. The van der Waals surface area contributed by atoms with E-state index in [9.17, 15) is 23.1 Å². The number of halogens is 3. The maximum Gasteiger partial charge on any atom is 0.416 e. The quantitative estimate of drug-likeness (QED) is 0.676. The Morgan fingerprint density at radius 2 is 1.73 bits per heavy atom. The van der Waals surface area contributed by atoms with E-state index in [0.29, 0.717) is 5.56 Å². The average molecular weight is 308 g/mol. The summed E-state index contributed by atoms with van der Waals surface area (Å²) in [5, 5.41) is 13.1. The van der Waals surface area contributed by atoms with Gasteiger partial charge < -0.3 is 5.11 Å². The van der Waals surface area contributed by atoms with Crippen LogP contribution in [0.4, 0.5) is 13.2 Å². The highest BCUT2D eigenvalue weighted by Crippen LogP contribution is 2.29. The Kier molecular flexibility index (Phi) is 4.45. The van der Waals surface area contributed by atoms with Crippen LogP contribution in [0.3, 0.4) is 0 Å². The largest absolute Gasteiger partial charge is 0.507 e. The summed E-state index contributed by atoms with van der Waals surface area (Å²) in [4.78, 5) is 11.7. The fourth-order valence-electron chi connectivity index (χ4n) is 1.63. The highest BCUT2D eigenvalue weighted by atomic mass is 19.4. The molecule has 1 amide bonds. The number of amides is 1. The number of carbonyl (C=O) groups is 1. The van der Waals surface area contributed by atoms with Gasteiger partial charge in [0.2, 0.25) is 0 Å². The maximum absolute atomic E-state index is 12.4. The highest BCUT2D eigenvalue weighted by Gasteiger charge is 2.30. The van der Waals surface area contributed by atoms with Gasteiger partial charge in [0.05, 0.1) is 11.8 Å². The minimum Gasteiger partial charge on any atom is -0.507 e. The van der Waals surface area contributed by atoms with Crippen LogP contribution >= 0.6 is 0 Å². The third-order valence-corrected chi connectivity index (χ3v) is 2.78. The molecule has 22 heavy (non-hydrogen) atoms. The lowest BCUT2D eigenvalue weighted by Gasteiger charge is -2.06. The number of hydrogen-bond donors (Lipinski definition) is 2. The van der Waals surface area contributed by atoms with Crippen molar-refractivity contribution in [2.75, 3.05) is 0 Å². The molecule has 0 aliphatic heterocycles. The van der Waals surface area contributed by atoms with Crippen molar-refractivity contribution in [1.29, 1.82) is 0 Å². The highest BCUT2D eigenvalue weighted by molar-refractivity contribution is 5.95. The van der Waals surface area contributed by atoms with Crippen molar-refractivity contribution in [3.05, 3.63) is 65.2 Å². The molecule has 0 spiro atoms. The molecule has 0 heterocycles. The smallest absolute Gasteiger partial charge is 0.416 e. The van der Waals surface area contributed by atoms with Crippen LogP contribution < -0.4 is 5.43 Å². The minimum atomic E-state index is -4.45. The first kappa shape index (κ1) is 15.6. The van der Waals surface area contributed by atoms with Crippen molar-refractivity contribution in [3.8, 4) is 5.75 Å². The van der Waals surface area contributed by atoms with E-state index in [2.05, 4.69) is 10.5 Å². The number of benzene rings is 2. The summed E-state index contributed by atoms with van der Waals surface area (Å²) in [6.45, 7) is 0. The molecule has 2 aromatic rings. The summed E-state index contributed by atoms with van der Waals surface area (Å²) < 4.78 is 37.2. The zero-order chi connectivity index (χ0) is 16.2. The molecule has 2 N–H and O–H groups in total. The minimum absolute atomic E-state index is 0.00460. The van der Waals surface area contributed by atoms with Crippen LogP contribution in [0.25, 0.3) is 0 Å². The van der Waals surface area contributed by atoms with Crippen LogP contribution in [0.1, 0.15) is 21.5 Å². The lowest BCUT2D eigenvalue weighted by molar-refractivity contribution is -0.137.